The Bertz CT molecular complexity index is 669. The SMILES string of the molecule is C.CNC(=O)Nc1ccc(I)cc1F.Nc1ccc(I)cc1F. The van der Waals surface area contributed by atoms with Crippen molar-refractivity contribution in [1.29, 1.82) is 0 Å². The van der Waals surface area contributed by atoms with Crippen molar-refractivity contribution in [2.45, 2.75) is 7.43 Å². The Kier molecular flexibility index (Phi) is 10.0. The van der Waals surface area contributed by atoms with Crippen molar-refractivity contribution >= 4 is 62.6 Å². The number of anilines is 2. The van der Waals surface area contributed by atoms with E-state index in [0.717, 1.165) is 7.14 Å². The van der Waals surface area contributed by atoms with Crippen molar-refractivity contribution < 1.29 is 13.6 Å². The first-order chi connectivity index (χ1) is 10.3. The van der Waals surface area contributed by atoms with Crippen LogP contribution in [0.1, 0.15) is 7.43 Å². The number of carbonyl (C=O) groups is 1. The van der Waals surface area contributed by atoms with Gasteiger partial charge in [0.2, 0.25) is 0 Å². The number of hydrogen-bond acceptors (Lipinski definition) is 2. The van der Waals surface area contributed by atoms with Gasteiger partial charge >= 0.3 is 6.03 Å². The number of hydrogen-bond donors (Lipinski definition) is 3. The van der Waals surface area contributed by atoms with Crippen molar-refractivity contribution in [3.05, 3.63) is 55.2 Å². The molecule has 0 aliphatic rings. The molecule has 0 spiro atoms. The maximum absolute atomic E-state index is 13.1. The smallest absolute Gasteiger partial charge is 0.319 e. The highest BCUT2D eigenvalue weighted by atomic mass is 127. The van der Waals surface area contributed by atoms with Crippen molar-refractivity contribution in [2.24, 2.45) is 0 Å². The summed E-state index contributed by atoms with van der Waals surface area (Å²) in [6.07, 6.45) is 0. The van der Waals surface area contributed by atoms with Crippen molar-refractivity contribution in [3.63, 3.8) is 0 Å². The fourth-order valence-corrected chi connectivity index (χ4v) is 2.18. The number of carbonyl (C=O) groups excluding carboxylic acids is 1. The van der Waals surface area contributed by atoms with Gasteiger partial charge < -0.3 is 16.4 Å². The molecular weight excluding hydrogens is 530 g/mol. The third kappa shape index (κ3) is 7.77. The van der Waals surface area contributed by atoms with Gasteiger partial charge in [-0.25, -0.2) is 13.6 Å². The summed E-state index contributed by atoms with van der Waals surface area (Å²) in [6.45, 7) is 0. The second kappa shape index (κ2) is 10.6. The molecule has 0 aliphatic carbocycles. The Labute approximate surface area is 161 Å². The van der Waals surface area contributed by atoms with E-state index < -0.39 is 11.8 Å². The van der Waals surface area contributed by atoms with Crippen LogP contribution < -0.4 is 16.4 Å². The lowest BCUT2D eigenvalue weighted by Crippen LogP contribution is -2.24. The largest absolute Gasteiger partial charge is 0.396 e. The van der Waals surface area contributed by atoms with Crippen LogP contribution >= 0.6 is 45.2 Å². The zero-order valence-electron chi connectivity index (χ0n) is 11.5. The molecule has 4 nitrogen and oxygen atoms in total. The quantitative estimate of drug-likeness (QED) is 0.354. The molecule has 0 saturated heterocycles. The maximum atomic E-state index is 13.1. The molecule has 126 valence electrons. The number of amides is 2. The van der Waals surface area contributed by atoms with E-state index in [0.29, 0.717) is 0 Å². The highest BCUT2D eigenvalue weighted by Gasteiger charge is 2.04. The van der Waals surface area contributed by atoms with E-state index in [4.69, 9.17) is 5.73 Å². The van der Waals surface area contributed by atoms with Crippen LogP contribution in [0.3, 0.4) is 0 Å². The molecule has 2 amide bonds. The van der Waals surface area contributed by atoms with Gasteiger partial charge in [-0.15, -0.1) is 0 Å². The highest BCUT2D eigenvalue weighted by Crippen LogP contribution is 2.16. The molecule has 0 heterocycles. The van der Waals surface area contributed by atoms with Gasteiger partial charge in [-0.05, 0) is 81.6 Å². The van der Waals surface area contributed by atoms with E-state index in [1.807, 2.05) is 45.2 Å². The summed E-state index contributed by atoms with van der Waals surface area (Å²) in [5.41, 5.74) is 5.59. The first-order valence-corrected chi connectivity index (χ1v) is 8.13. The highest BCUT2D eigenvalue weighted by molar-refractivity contribution is 14.1. The standard InChI is InChI=1S/C8H8FIN2O.C6H5FIN.CH4/c1-11-8(13)12-7-3-2-5(10)4-6(7)9;7-5-3-4(8)1-2-6(5)9;/h2-4H,1H3,(H2,11,12,13);1-3H,9H2;1H4. The lowest BCUT2D eigenvalue weighted by Gasteiger charge is -2.05. The topological polar surface area (TPSA) is 67.2 Å². The minimum absolute atomic E-state index is 0. The fraction of sp³-hybridized carbons (Fsp3) is 0.133. The molecule has 2 aromatic rings. The minimum atomic E-state index is -0.435. The maximum Gasteiger partial charge on any atom is 0.319 e. The Morgan fingerprint density at radius 2 is 1.57 bits per heavy atom. The Hall–Kier alpha value is -1.17. The van der Waals surface area contributed by atoms with Crippen LogP contribution in [0.25, 0.3) is 0 Å². The average molecular weight is 547 g/mol. The molecule has 2 rings (SSSR count). The van der Waals surface area contributed by atoms with E-state index in [9.17, 15) is 13.6 Å². The van der Waals surface area contributed by atoms with Crippen LogP contribution in [0.4, 0.5) is 25.0 Å². The predicted octanol–water partition coefficient (Wildman–Crippen LogP) is 4.83. The molecule has 2 aromatic carbocycles. The van der Waals surface area contributed by atoms with Crippen molar-refractivity contribution in [3.8, 4) is 0 Å². The van der Waals surface area contributed by atoms with Gasteiger partial charge in [-0.1, -0.05) is 7.43 Å². The number of rotatable bonds is 1. The van der Waals surface area contributed by atoms with Crippen molar-refractivity contribution in [1.82, 2.24) is 5.32 Å². The van der Waals surface area contributed by atoms with E-state index in [1.165, 1.54) is 25.2 Å². The van der Waals surface area contributed by atoms with Crippen LogP contribution in [-0.2, 0) is 0 Å². The molecule has 0 fully saturated rings. The summed E-state index contributed by atoms with van der Waals surface area (Å²) >= 11 is 4.02. The number of nitrogen functional groups attached to an aromatic ring is 1. The summed E-state index contributed by atoms with van der Waals surface area (Å²) in [7, 11) is 1.47. The van der Waals surface area contributed by atoms with Crippen LogP contribution in [0.2, 0.25) is 0 Å². The molecule has 0 bridgehead atoms. The Morgan fingerprint density at radius 3 is 2.00 bits per heavy atom. The van der Waals surface area contributed by atoms with Gasteiger partial charge in [0.05, 0.1) is 11.4 Å². The van der Waals surface area contributed by atoms with E-state index >= 15 is 0 Å². The number of benzene rings is 2. The molecule has 4 N–H and O–H groups in total. The van der Waals surface area contributed by atoms with Crippen LogP contribution in [0.5, 0.6) is 0 Å². The molecule has 0 aliphatic heterocycles. The zero-order chi connectivity index (χ0) is 16.7. The van der Waals surface area contributed by atoms with Crippen molar-refractivity contribution in [2.75, 3.05) is 18.1 Å². The number of nitrogens with two attached hydrogens (primary N) is 1. The first kappa shape index (κ1) is 21.8. The molecule has 0 unspecified atom stereocenters. The fourth-order valence-electron chi connectivity index (χ4n) is 1.28. The average Bonchev–Trinajstić information content (AvgIpc) is 2.47. The Balaban J connectivity index is 0.000000427. The van der Waals surface area contributed by atoms with Gasteiger partial charge in [0.15, 0.2) is 0 Å². The number of urea groups is 1. The molecule has 0 atom stereocenters. The second-order valence-corrected chi connectivity index (χ2v) is 6.49. The number of nitrogens with one attached hydrogen (secondary N) is 2. The van der Waals surface area contributed by atoms with Crippen LogP contribution in [0, 0.1) is 18.8 Å². The molecule has 8 heteroatoms. The third-order valence-corrected chi connectivity index (χ3v) is 3.71. The molecule has 0 aromatic heterocycles. The second-order valence-electron chi connectivity index (χ2n) is 3.99. The summed E-state index contributed by atoms with van der Waals surface area (Å²) in [6, 6.07) is 8.87. The van der Waals surface area contributed by atoms with Crippen LogP contribution in [0.15, 0.2) is 36.4 Å². The van der Waals surface area contributed by atoms with Gasteiger partial charge in [-0.3, -0.25) is 0 Å². The molecule has 23 heavy (non-hydrogen) atoms. The summed E-state index contributed by atoms with van der Waals surface area (Å²) in [4.78, 5) is 10.8. The van der Waals surface area contributed by atoms with Crippen LogP contribution in [-0.4, -0.2) is 13.1 Å². The van der Waals surface area contributed by atoms with E-state index in [1.54, 1.807) is 18.2 Å². The summed E-state index contributed by atoms with van der Waals surface area (Å²) in [5.74, 6) is -0.780. The predicted molar refractivity (Wildman–Crippen MR) is 107 cm³/mol. The lowest BCUT2D eigenvalue weighted by atomic mass is 10.3. The minimum Gasteiger partial charge on any atom is -0.396 e. The zero-order valence-corrected chi connectivity index (χ0v) is 15.8. The molecular formula is C15H17F2I2N3O. The number of halogens is 4. The van der Waals surface area contributed by atoms with Gasteiger partial charge in [0, 0.05) is 14.2 Å². The third-order valence-electron chi connectivity index (χ3n) is 2.37. The summed E-state index contributed by atoms with van der Waals surface area (Å²) in [5, 5.41) is 4.70. The van der Waals surface area contributed by atoms with E-state index in [2.05, 4.69) is 10.6 Å². The molecule has 0 saturated carbocycles. The van der Waals surface area contributed by atoms with E-state index in [-0.39, 0.29) is 24.6 Å². The van der Waals surface area contributed by atoms with Gasteiger partial charge in [-0.2, -0.15) is 0 Å². The lowest BCUT2D eigenvalue weighted by molar-refractivity contribution is 0.254. The van der Waals surface area contributed by atoms with Gasteiger partial charge in [0.25, 0.3) is 0 Å². The first-order valence-electron chi connectivity index (χ1n) is 5.97. The monoisotopic (exact) mass is 547 g/mol. The molecule has 0 radical (unpaired) electrons. The Morgan fingerprint density at radius 1 is 1.04 bits per heavy atom. The normalized spacial score (nSPS) is 9.09. The summed E-state index contributed by atoms with van der Waals surface area (Å²) < 4.78 is 27.2. The van der Waals surface area contributed by atoms with Gasteiger partial charge in [0.1, 0.15) is 11.6 Å².